The van der Waals surface area contributed by atoms with Crippen molar-refractivity contribution in [3.05, 3.63) is 94.2 Å². The van der Waals surface area contributed by atoms with Gasteiger partial charge in [0.2, 0.25) is 23.7 Å². The summed E-state index contributed by atoms with van der Waals surface area (Å²) < 4.78 is 1.77. The van der Waals surface area contributed by atoms with Crippen LogP contribution in [-0.2, 0) is 34.4 Å². The number of aryl methyl sites for hydroxylation is 3. The Balaban J connectivity index is 0.704. The first-order valence-corrected chi connectivity index (χ1v) is 21.5. The molecule has 0 saturated carbocycles. The first kappa shape index (κ1) is 39.5. The van der Waals surface area contributed by atoms with Gasteiger partial charge in [-0.25, -0.2) is 9.67 Å². The molecule has 1 unspecified atom stereocenters. The van der Waals surface area contributed by atoms with Crippen LogP contribution >= 0.6 is 0 Å². The van der Waals surface area contributed by atoms with E-state index in [2.05, 4.69) is 74.9 Å². The maximum absolute atomic E-state index is 13.6. The summed E-state index contributed by atoms with van der Waals surface area (Å²) in [4.78, 5) is 81.3. The highest BCUT2D eigenvalue weighted by Gasteiger charge is 2.45. The number of anilines is 5. The van der Waals surface area contributed by atoms with Crippen molar-refractivity contribution < 1.29 is 24.0 Å². The molecule has 1 atom stereocenters. The Labute approximate surface area is 358 Å². The maximum atomic E-state index is 13.6. The molecule has 0 spiro atoms. The molecular weight excluding hydrogens is 787 g/mol. The van der Waals surface area contributed by atoms with Crippen LogP contribution in [0, 0.1) is 25.7 Å². The van der Waals surface area contributed by atoms with Crippen molar-refractivity contribution in [2.24, 2.45) is 18.9 Å². The van der Waals surface area contributed by atoms with Gasteiger partial charge in [0.25, 0.3) is 11.8 Å². The lowest BCUT2D eigenvalue weighted by Gasteiger charge is -2.45. The SMILES string of the molecule is Cc1cccc(C)c1Nc1nn(C)c2nc(Nc3ccc4c(c3)CN(CC3CN(C(=O)C5CCN(c6ccc7c(c6)C(=O)N(C6CCC(=O)NC6=O)C7=O)CC5)C3)CC4)ncc12. The fraction of sp³-hybridized carbons (Fsp3) is 0.391. The minimum atomic E-state index is -0.997. The van der Waals surface area contributed by atoms with Gasteiger partial charge in [0.15, 0.2) is 11.5 Å². The van der Waals surface area contributed by atoms with Crippen LogP contribution in [0.5, 0.6) is 0 Å². The molecular formula is C46H49N11O5. The Kier molecular flexibility index (Phi) is 9.96. The van der Waals surface area contributed by atoms with Crippen molar-refractivity contribution in [1.82, 2.24) is 39.8 Å². The zero-order chi connectivity index (χ0) is 42.8. The van der Waals surface area contributed by atoms with E-state index >= 15 is 0 Å². The molecule has 2 aromatic heterocycles. The number of imide groups is 2. The molecule has 3 aromatic carbocycles. The summed E-state index contributed by atoms with van der Waals surface area (Å²) in [7, 11) is 1.89. The average Bonchev–Trinajstić information content (AvgIpc) is 3.69. The Morgan fingerprint density at radius 3 is 2.40 bits per heavy atom. The fourth-order valence-corrected chi connectivity index (χ4v) is 9.83. The highest BCUT2D eigenvalue weighted by molar-refractivity contribution is 6.23. The number of fused-ring (bicyclic) bond motifs is 3. The number of likely N-dealkylation sites (tertiary alicyclic amines) is 1. The molecule has 5 aromatic rings. The van der Waals surface area contributed by atoms with Crippen molar-refractivity contribution in [1.29, 1.82) is 0 Å². The van der Waals surface area contributed by atoms with Crippen LogP contribution in [0.2, 0.25) is 0 Å². The second-order valence-electron chi connectivity index (χ2n) is 17.4. The number of benzene rings is 3. The molecule has 16 heteroatoms. The van der Waals surface area contributed by atoms with Gasteiger partial charge >= 0.3 is 0 Å². The summed E-state index contributed by atoms with van der Waals surface area (Å²) in [5.41, 5.74) is 8.96. The Bertz CT molecular complexity index is 2660. The summed E-state index contributed by atoms with van der Waals surface area (Å²) in [6.07, 6.45) is 4.40. The highest BCUT2D eigenvalue weighted by atomic mass is 16.2. The third-order valence-electron chi connectivity index (χ3n) is 13.3. The van der Waals surface area contributed by atoms with Crippen molar-refractivity contribution in [3.8, 4) is 0 Å². The maximum Gasteiger partial charge on any atom is 0.262 e. The first-order chi connectivity index (χ1) is 30.0. The van der Waals surface area contributed by atoms with Gasteiger partial charge in [0, 0.05) is 94.4 Å². The largest absolute Gasteiger partial charge is 0.371 e. The zero-order valence-electron chi connectivity index (χ0n) is 35.1. The number of rotatable bonds is 9. The summed E-state index contributed by atoms with van der Waals surface area (Å²) in [6, 6.07) is 16.9. The van der Waals surface area contributed by atoms with Crippen molar-refractivity contribution in [2.75, 3.05) is 54.8 Å². The van der Waals surface area contributed by atoms with Gasteiger partial charge in [-0.15, -0.1) is 0 Å². The number of aromatic nitrogens is 4. The predicted octanol–water partition coefficient (Wildman–Crippen LogP) is 4.60. The third-order valence-corrected chi connectivity index (χ3v) is 13.3. The number of carbonyl (C=O) groups excluding carboxylic acids is 5. The van der Waals surface area contributed by atoms with Crippen LogP contribution in [0.1, 0.15) is 68.7 Å². The number of para-hydroxylation sites is 1. The van der Waals surface area contributed by atoms with Crippen LogP contribution in [0.25, 0.3) is 11.0 Å². The van der Waals surface area contributed by atoms with Gasteiger partial charge < -0.3 is 20.4 Å². The third kappa shape index (κ3) is 7.21. The Morgan fingerprint density at radius 1 is 0.855 bits per heavy atom. The van der Waals surface area contributed by atoms with Gasteiger partial charge in [-0.1, -0.05) is 24.3 Å². The van der Waals surface area contributed by atoms with E-state index in [9.17, 15) is 24.0 Å². The van der Waals surface area contributed by atoms with Gasteiger partial charge in [-0.2, -0.15) is 10.1 Å². The molecule has 16 nitrogen and oxygen atoms in total. The molecule has 5 aliphatic rings. The number of piperidine rings is 2. The second kappa shape index (κ2) is 15.7. The van der Waals surface area contributed by atoms with Crippen LogP contribution in [0.15, 0.2) is 60.8 Å². The van der Waals surface area contributed by atoms with E-state index in [4.69, 9.17) is 10.1 Å². The lowest BCUT2D eigenvalue weighted by Crippen LogP contribution is -2.56. The Morgan fingerprint density at radius 2 is 1.63 bits per heavy atom. The molecule has 3 fully saturated rings. The first-order valence-electron chi connectivity index (χ1n) is 21.5. The molecule has 5 amide bonds. The summed E-state index contributed by atoms with van der Waals surface area (Å²) in [5, 5.41) is 14.7. The number of amides is 5. The van der Waals surface area contributed by atoms with Crippen molar-refractivity contribution >= 4 is 69.4 Å². The second-order valence-corrected chi connectivity index (χ2v) is 17.4. The van der Waals surface area contributed by atoms with E-state index in [0.717, 1.165) is 89.1 Å². The Hall–Kier alpha value is -6.68. The standard InChI is InChI=1S/C46H49N11O5/c1-26-5-4-6-27(2)39(26)50-40-36-21-47-46(51-41(36)53(3)52-40)48-32-8-7-29-13-16-54(25-31(29)19-32)22-28-23-56(24-28)43(60)30-14-17-55(18-15-30)33-9-10-34-35(20-33)45(62)57(44(34)61)37-11-12-38(58)49-42(37)59/h4-10,19-21,28,30,37H,11-18,22-25H2,1-3H3,(H,50,52)(H,47,48,51)(H,49,58,59). The van der Waals surface area contributed by atoms with E-state index in [1.807, 2.05) is 30.3 Å². The van der Waals surface area contributed by atoms with Crippen LogP contribution in [-0.4, -0.2) is 109 Å². The van der Waals surface area contributed by atoms with Gasteiger partial charge in [0.1, 0.15) is 6.04 Å². The molecule has 5 aliphatic heterocycles. The van der Waals surface area contributed by atoms with Crippen molar-refractivity contribution in [3.63, 3.8) is 0 Å². The monoisotopic (exact) mass is 835 g/mol. The number of carbonyl (C=O) groups is 5. The lowest BCUT2D eigenvalue weighted by molar-refractivity contribution is -0.143. The topological polar surface area (TPSA) is 178 Å². The zero-order valence-corrected chi connectivity index (χ0v) is 35.1. The summed E-state index contributed by atoms with van der Waals surface area (Å²) in [5.74, 6) is -0.233. The number of nitrogens with zero attached hydrogens (tertiary/aromatic N) is 8. The van der Waals surface area contributed by atoms with E-state index in [0.29, 0.717) is 37.8 Å². The molecule has 318 valence electrons. The van der Waals surface area contributed by atoms with Crippen LogP contribution in [0.3, 0.4) is 0 Å². The summed E-state index contributed by atoms with van der Waals surface area (Å²) in [6.45, 7) is 9.79. The fourth-order valence-electron chi connectivity index (χ4n) is 9.83. The minimum Gasteiger partial charge on any atom is -0.371 e. The molecule has 62 heavy (non-hydrogen) atoms. The van der Waals surface area contributed by atoms with E-state index in [1.165, 1.54) is 11.1 Å². The smallest absolute Gasteiger partial charge is 0.262 e. The highest BCUT2D eigenvalue weighted by Crippen LogP contribution is 2.34. The van der Waals surface area contributed by atoms with Crippen molar-refractivity contribution in [2.45, 2.75) is 58.5 Å². The van der Waals surface area contributed by atoms with E-state index < -0.39 is 29.7 Å². The predicted molar refractivity (Wildman–Crippen MR) is 232 cm³/mol. The molecule has 0 radical (unpaired) electrons. The molecule has 10 rings (SSSR count). The number of hydrogen-bond donors (Lipinski definition) is 3. The van der Waals surface area contributed by atoms with Crippen LogP contribution in [0.4, 0.5) is 28.8 Å². The lowest BCUT2D eigenvalue weighted by atomic mass is 9.90. The van der Waals surface area contributed by atoms with Crippen LogP contribution < -0.4 is 20.9 Å². The number of nitrogens with one attached hydrogen (secondary N) is 3. The molecule has 0 aliphatic carbocycles. The summed E-state index contributed by atoms with van der Waals surface area (Å²) >= 11 is 0. The molecule has 3 N–H and O–H groups in total. The number of hydrogen-bond acceptors (Lipinski definition) is 12. The quantitative estimate of drug-likeness (QED) is 0.176. The molecule has 3 saturated heterocycles. The van der Waals surface area contributed by atoms with Gasteiger partial charge in [-0.05, 0) is 92.1 Å². The molecule has 7 heterocycles. The van der Waals surface area contributed by atoms with Gasteiger partial charge in [0.05, 0.1) is 16.5 Å². The normalized spacial score (nSPS) is 19.7. The van der Waals surface area contributed by atoms with E-state index in [1.54, 1.807) is 16.8 Å². The van der Waals surface area contributed by atoms with E-state index in [-0.39, 0.29) is 35.8 Å². The average molecular weight is 836 g/mol. The minimum absolute atomic E-state index is 0.0512. The van der Waals surface area contributed by atoms with Gasteiger partial charge in [-0.3, -0.25) is 39.1 Å². The molecule has 0 bridgehead atoms.